The Morgan fingerprint density at radius 3 is 2.42 bits per heavy atom. The number of nitriles is 1. The topological polar surface area (TPSA) is 99.1 Å². The average Bonchev–Trinajstić information content (AvgIpc) is 2.37. The van der Waals surface area contributed by atoms with E-state index in [2.05, 4.69) is 10.0 Å². The van der Waals surface area contributed by atoms with Gasteiger partial charge in [0.2, 0.25) is 10.0 Å². The van der Waals surface area contributed by atoms with Crippen LogP contribution in [0.3, 0.4) is 0 Å². The number of nitrogens with zero attached hydrogens (tertiary/aromatic N) is 1. The molecule has 1 amide bonds. The number of amides is 1. The summed E-state index contributed by atoms with van der Waals surface area (Å²) in [6.07, 6.45) is 1.59. The molecule has 0 aromatic heterocycles. The molecule has 0 aliphatic rings. The van der Waals surface area contributed by atoms with Crippen LogP contribution in [-0.2, 0) is 10.0 Å². The van der Waals surface area contributed by atoms with Crippen molar-refractivity contribution in [2.45, 2.75) is 6.42 Å². The van der Waals surface area contributed by atoms with Crippen LogP contribution in [0.5, 0.6) is 0 Å². The number of nitrogens with one attached hydrogen (secondary N) is 2. The Hall–Kier alpha value is -1.91. The number of sulfonamides is 1. The molecule has 0 bridgehead atoms. The van der Waals surface area contributed by atoms with Crippen molar-refractivity contribution in [1.29, 1.82) is 5.26 Å². The first-order valence-electron chi connectivity index (χ1n) is 5.65. The molecule has 1 aromatic carbocycles. The molecular weight excluding hydrogens is 266 g/mol. The second-order valence-corrected chi connectivity index (χ2v) is 5.80. The normalized spacial score (nSPS) is 10.7. The van der Waals surface area contributed by atoms with E-state index in [1.54, 1.807) is 24.3 Å². The van der Waals surface area contributed by atoms with E-state index in [0.29, 0.717) is 24.1 Å². The van der Waals surface area contributed by atoms with Crippen LogP contribution < -0.4 is 10.0 Å². The van der Waals surface area contributed by atoms with Crippen molar-refractivity contribution >= 4 is 15.9 Å². The van der Waals surface area contributed by atoms with Crippen LogP contribution >= 0.6 is 0 Å². The van der Waals surface area contributed by atoms with Crippen LogP contribution in [0.25, 0.3) is 0 Å². The zero-order valence-electron chi connectivity index (χ0n) is 10.5. The zero-order chi connectivity index (χ0) is 14.3. The van der Waals surface area contributed by atoms with E-state index in [9.17, 15) is 13.2 Å². The highest BCUT2D eigenvalue weighted by Crippen LogP contribution is 2.02. The summed E-state index contributed by atoms with van der Waals surface area (Å²) in [7, 11) is -3.18. The predicted octanol–water partition coefficient (Wildman–Crippen LogP) is 0.227. The largest absolute Gasteiger partial charge is 0.352 e. The Kier molecular flexibility index (Phi) is 5.48. The van der Waals surface area contributed by atoms with Gasteiger partial charge in [-0.2, -0.15) is 5.26 Å². The molecule has 1 aromatic rings. The Morgan fingerprint density at radius 2 is 1.89 bits per heavy atom. The van der Waals surface area contributed by atoms with E-state index in [1.807, 2.05) is 6.07 Å². The van der Waals surface area contributed by atoms with E-state index in [-0.39, 0.29) is 12.5 Å². The van der Waals surface area contributed by atoms with Gasteiger partial charge in [-0.1, -0.05) is 0 Å². The van der Waals surface area contributed by atoms with Crippen molar-refractivity contribution in [3.8, 4) is 6.07 Å². The molecule has 0 spiro atoms. The van der Waals surface area contributed by atoms with Gasteiger partial charge in [0.15, 0.2) is 0 Å². The van der Waals surface area contributed by atoms with Crippen LogP contribution in [0, 0.1) is 11.3 Å². The molecule has 0 aliphatic heterocycles. The summed E-state index contributed by atoms with van der Waals surface area (Å²) >= 11 is 0. The Labute approximate surface area is 112 Å². The highest BCUT2D eigenvalue weighted by atomic mass is 32.2. The van der Waals surface area contributed by atoms with Crippen LogP contribution in [0.15, 0.2) is 24.3 Å². The summed E-state index contributed by atoms with van der Waals surface area (Å²) in [6.45, 7) is 0.661. The molecular formula is C12H15N3O3S. The fraction of sp³-hybridized carbons (Fsp3) is 0.333. The monoisotopic (exact) mass is 281 g/mol. The molecule has 6 nitrogen and oxygen atoms in total. The lowest BCUT2D eigenvalue weighted by atomic mass is 10.1. The van der Waals surface area contributed by atoms with Crippen molar-refractivity contribution in [3.05, 3.63) is 35.4 Å². The number of benzene rings is 1. The molecule has 0 aliphatic carbocycles. The fourth-order valence-corrected chi connectivity index (χ4v) is 1.86. The number of hydrogen-bond acceptors (Lipinski definition) is 4. The quantitative estimate of drug-likeness (QED) is 0.729. The summed E-state index contributed by atoms with van der Waals surface area (Å²) < 4.78 is 23.9. The van der Waals surface area contributed by atoms with Gasteiger partial charge in [0, 0.05) is 18.7 Å². The first-order valence-corrected chi connectivity index (χ1v) is 7.54. The maximum Gasteiger partial charge on any atom is 0.251 e. The van der Waals surface area contributed by atoms with Crippen molar-refractivity contribution < 1.29 is 13.2 Å². The van der Waals surface area contributed by atoms with E-state index < -0.39 is 10.0 Å². The third-order valence-corrected chi connectivity index (χ3v) is 3.01. The molecule has 0 unspecified atom stereocenters. The molecule has 102 valence electrons. The maximum atomic E-state index is 11.7. The van der Waals surface area contributed by atoms with Crippen molar-refractivity contribution in [3.63, 3.8) is 0 Å². The Morgan fingerprint density at radius 1 is 1.26 bits per heavy atom. The van der Waals surface area contributed by atoms with E-state index in [0.717, 1.165) is 6.26 Å². The zero-order valence-corrected chi connectivity index (χ0v) is 11.3. The van der Waals surface area contributed by atoms with Crippen LogP contribution in [-0.4, -0.2) is 33.7 Å². The molecule has 1 rings (SSSR count). The lowest BCUT2D eigenvalue weighted by Gasteiger charge is -2.05. The van der Waals surface area contributed by atoms with E-state index >= 15 is 0 Å². The van der Waals surface area contributed by atoms with Crippen LogP contribution in [0.4, 0.5) is 0 Å². The van der Waals surface area contributed by atoms with Gasteiger partial charge in [-0.25, -0.2) is 13.1 Å². The third-order valence-electron chi connectivity index (χ3n) is 2.28. The van der Waals surface area contributed by atoms with Gasteiger partial charge in [0.1, 0.15) is 0 Å². The van der Waals surface area contributed by atoms with Gasteiger partial charge >= 0.3 is 0 Å². The van der Waals surface area contributed by atoms with Crippen LogP contribution in [0.2, 0.25) is 0 Å². The highest BCUT2D eigenvalue weighted by molar-refractivity contribution is 7.88. The lowest BCUT2D eigenvalue weighted by Crippen LogP contribution is -2.29. The summed E-state index contributed by atoms with van der Waals surface area (Å²) in [4.78, 5) is 11.7. The smallest absolute Gasteiger partial charge is 0.251 e. The molecule has 0 fully saturated rings. The predicted molar refractivity (Wildman–Crippen MR) is 71.0 cm³/mol. The molecule has 0 radical (unpaired) electrons. The second-order valence-electron chi connectivity index (χ2n) is 3.97. The van der Waals surface area contributed by atoms with Gasteiger partial charge in [-0.15, -0.1) is 0 Å². The number of carbonyl (C=O) groups excluding carboxylic acids is 1. The van der Waals surface area contributed by atoms with E-state index in [1.165, 1.54) is 0 Å². The third kappa shape index (κ3) is 5.99. The van der Waals surface area contributed by atoms with Crippen LogP contribution in [0.1, 0.15) is 22.3 Å². The van der Waals surface area contributed by atoms with Gasteiger partial charge in [-0.3, -0.25) is 4.79 Å². The highest BCUT2D eigenvalue weighted by Gasteiger charge is 2.05. The minimum absolute atomic E-state index is 0.246. The van der Waals surface area contributed by atoms with Gasteiger partial charge < -0.3 is 5.32 Å². The van der Waals surface area contributed by atoms with Crippen molar-refractivity contribution in [1.82, 2.24) is 10.0 Å². The first kappa shape index (κ1) is 15.1. The number of hydrogen-bond donors (Lipinski definition) is 2. The number of rotatable bonds is 6. The van der Waals surface area contributed by atoms with Crippen molar-refractivity contribution in [2.75, 3.05) is 19.3 Å². The van der Waals surface area contributed by atoms with Crippen molar-refractivity contribution in [2.24, 2.45) is 0 Å². The van der Waals surface area contributed by atoms with Gasteiger partial charge in [-0.05, 0) is 30.7 Å². The first-order chi connectivity index (χ1) is 8.92. The standard InChI is InChI=1S/C12H15N3O3S/c1-19(17,18)15-8-2-7-14-12(16)11-5-3-10(9-13)4-6-11/h3-6,15H,2,7-8H2,1H3,(H,14,16). The lowest BCUT2D eigenvalue weighted by molar-refractivity contribution is 0.0953. The second kappa shape index (κ2) is 6.87. The van der Waals surface area contributed by atoms with Gasteiger partial charge in [0.05, 0.1) is 17.9 Å². The molecule has 2 N–H and O–H groups in total. The molecule has 7 heteroatoms. The average molecular weight is 281 g/mol. The SMILES string of the molecule is CS(=O)(=O)NCCCNC(=O)c1ccc(C#N)cc1. The van der Waals surface area contributed by atoms with Gasteiger partial charge in [0.25, 0.3) is 5.91 Å². The summed E-state index contributed by atoms with van der Waals surface area (Å²) in [5.41, 5.74) is 0.962. The summed E-state index contributed by atoms with van der Waals surface area (Å²) in [5.74, 6) is -0.246. The number of carbonyl (C=O) groups is 1. The summed E-state index contributed by atoms with van der Waals surface area (Å²) in [6, 6.07) is 8.25. The van der Waals surface area contributed by atoms with E-state index in [4.69, 9.17) is 5.26 Å². The summed E-state index contributed by atoms with van der Waals surface area (Å²) in [5, 5.41) is 11.3. The minimum atomic E-state index is -3.18. The Balaban J connectivity index is 2.33. The fourth-order valence-electron chi connectivity index (χ4n) is 1.35. The Bertz CT molecular complexity index is 573. The molecule has 0 heterocycles. The minimum Gasteiger partial charge on any atom is -0.352 e. The molecule has 0 saturated carbocycles. The maximum absolute atomic E-state index is 11.7. The molecule has 19 heavy (non-hydrogen) atoms. The molecule has 0 saturated heterocycles. The molecule has 0 atom stereocenters.